The first kappa shape index (κ1) is 10.8. The zero-order valence-electron chi connectivity index (χ0n) is 9.30. The molecule has 0 aliphatic rings. The van der Waals surface area contributed by atoms with Crippen LogP contribution < -0.4 is 5.73 Å². The van der Waals surface area contributed by atoms with Gasteiger partial charge in [-0.3, -0.25) is 0 Å². The zero-order chi connectivity index (χ0) is 11.4. The second-order valence-electron chi connectivity index (χ2n) is 3.97. The molecule has 1 heterocycles. The van der Waals surface area contributed by atoms with Crippen LogP contribution in [0.1, 0.15) is 22.7 Å². The Hall–Kier alpha value is -1.74. The fourth-order valence-electron chi connectivity index (χ4n) is 1.60. The number of nitrogens with zero attached hydrogens (tertiary/aromatic N) is 2. The van der Waals surface area contributed by atoms with Gasteiger partial charge in [0.1, 0.15) is 6.33 Å². The Labute approximate surface area is 95.4 Å². The molecule has 82 valence electrons. The minimum absolute atomic E-state index is 0.0380. The summed E-state index contributed by atoms with van der Waals surface area (Å²) in [6, 6.07) is 8.38. The first-order valence-corrected chi connectivity index (χ1v) is 5.32. The van der Waals surface area contributed by atoms with Crippen LogP contribution in [0.5, 0.6) is 0 Å². The van der Waals surface area contributed by atoms with E-state index in [-0.39, 0.29) is 6.04 Å². The summed E-state index contributed by atoms with van der Waals surface area (Å²) in [5, 5.41) is 0. The van der Waals surface area contributed by atoms with Crippen LogP contribution >= 0.6 is 0 Å². The van der Waals surface area contributed by atoms with Gasteiger partial charge in [-0.15, -0.1) is 0 Å². The summed E-state index contributed by atoms with van der Waals surface area (Å²) in [6.45, 7) is 2.08. The molecular formula is C13H15N3. The van der Waals surface area contributed by atoms with Crippen molar-refractivity contribution in [1.82, 2.24) is 9.97 Å². The highest BCUT2D eigenvalue weighted by Crippen LogP contribution is 2.14. The first-order chi connectivity index (χ1) is 7.75. The maximum Gasteiger partial charge on any atom is 0.115 e. The van der Waals surface area contributed by atoms with Crippen LogP contribution in [0.25, 0.3) is 0 Å². The summed E-state index contributed by atoms with van der Waals surface area (Å²) in [7, 11) is 0. The number of hydrogen-bond acceptors (Lipinski definition) is 3. The SMILES string of the molecule is Cc1ccc(CC(N)c2cncnc2)cc1. The molecule has 1 atom stereocenters. The van der Waals surface area contributed by atoms with E-state index in [0.29, 0.717) is 0 Å². The van der Waals surface area contributed by atoms with Crippen molar-refractivity contribution in [2.45, 2.75) is 19.4 Å². The highest BCUT2D eigenvalue weighted by Gasteiger charge is 2.07. The van der Waals surface area contributed by atoms with Gasteiger partial charge in [0.15, 0.2) is 0 Å². The molecule has 0 aliphatic carbocycles. The topological polar surface area (TPSA) is 51.8 Å². The summed E-state index contributed by atoms with van der Waals surface area (Å²) >= 11 is 0. The van der Waals surface area contributed by atoms with E-state index in [4.69, 9.17) is 5.73 Å². The molecule has 0 bridgehead atoms. The van der Waals surface area contributed by atoms with Crippen LogP contribution in [-0.2, 0) is 6.42 Å². The highest BCUT2D eigenvalue weighted by atomic mass is 14.8. The Morgan fingerprint density at radius 2 is 1.75 bits per heavy atom. The molecule has 0 radical (unpaired) electrons. The van der Waals surface area contributed by atoms with Crippen LogP contribution in [0, 0.1) is 6.92 Å². The average Bonchev–Trinajstić information content (AvgIpc) is 2.33. The van der Waals surface area contributed by atoms with Crippen LogP contribution in [0.15, 0.2) is 43.0 Å². The van der Waals surface area contributed by atoms with Crippen LogP contribution in [0.2, 0.25) is 0 Å². The Bertz CT molecular complexity index is 436. The monoisotopic (exact) mass is 213 g/mol. The summed E-state index contributed by atoms with van der Waals surface area (Å²) in [6.07, 6.45) is 5.87. The Kier molecular flexibility index (Phi) is 3.27. The maximum absolute atomic E-state index is 6.09. The van der Waals surface area contributed by atoms with E-state index in [0.717, 1.165) is 12.0 Å². The van der Waals surface area contributed by atoms with Crippen molar-refractivity contribution >= 4 is 0 Å². The quantitative estimate of drug-likeness (QED) is 0.848. The Morgan fingerprint density at radius 3 is 2.38 bits per heavy atom. The van der Waals surface area contributed by atoms with Crippen molar-refractivity contribution in [3.63, 3.8) is 0 Å². The third-order valence-electron chi connectivity index (χ3n) is 2.58. The molecule has 1 aromatic heterocycles. The molecule has 0 saturated carbocycles. The summed E-state index contributed by atoms with van der Waals surface area (Å²) < 4.78 is 0. The van der Waals surface area contributed by atoms with Gasteiger partial charge in [0.25, 0.3) is 0 Å². The summed E-state index contributed by atoms with van der Waals surface area (Å²) in [4.78, 5) is 7.94. The van der Waals surface area contributed by atoms with Crippen molar-refractivity contribution < 1.29 is 0 Å². The van der Waals surface area contributed by atoms with E-state index >= 15 is 0 Å². The maximum atomic E-state index is 6.09. The molecule has 2 N–H and O–H groups in total. The van der Waals surface area contributed by atoms with E-state index in [2.05, 4.69) is 41.2 Å². The fourth-order valence-corrected chi connectivity index (χ4v) is 1.60. The van der Waals surface area contributed by atoms with Crippen molar-refractivity contribution in [3.8, 4) is 0 Å². The fraction of sp³-hybridized carbons (Fsp3) is 0.231. The normalized spacial score (nSPS) is 12.4. The number of hydrogen-bond donors (Lipinski definition) is 1. The van der Waals surface area contributed by atoms with Gasteiger partial charge in [-0.1, -0.05) is 29.8 Å². The van der Waals surface area contributed by atoms with Gasteiger partial charge >= 0.3 is 0 Å². The second kappa shape index (κ2) is 4.86. The minimum atomic E-state index is -0.0380. The third kappa shape index (κ3) is 2.64. The smallest absolute Gasteiger partial charge is 0.115 e. The zero-order valence-corrected chi connectivity index (χ0v) is 9.30. The molecule has 2 rings (SSSR count). The Balaban J connectivity index is 2.08. The van der Waals surface area contributed by atoms with Crippen LogP contribution in [-0.4, -0.2) is 9.97 Å². The van der Waals surface area contributed by atoms with Gasteiger partial charge in [-0.2, -0.15) is 0 Å². The Morgan fingerprint density at radius 1 is 1.12 bits per heavy atom. The van der Waals surface area contributed by atoms with Crippen molar-refractivity contribution in [2.75, 3.05) is 0 Å². The summed E-state index contributed by atoms with van der Waals surface area (Å²) in [5.41, 5.74) is 9.56. The molecule has 3 heteroatoms. The molecule has 0 fully saturated rings. The highest BCUT2D eigenvalue weighted by molar-refractivity contribution is 5.23. The third-order valence-corrected chi connectivity index (χ3v) is 2.58. The molecule has 0 aliphatic heterocycles. The van der Waals surface area contributed by atoms with E-state index in [1.807, 2.05) is 0 Å². The number of rotatable bonds is 3. The van der Waals surface area contributed by atoms with Gasteiger partial charge in [0.05, 0.1) is 0 Å². The van der Waals surface area contributed by atoms with Crippen molar-refractivity contribution in [2.24, 2.45) is 5.73 Å². The van der Waals surface area contributed by atoms with Gasteiger partial charge in [0.2, 0.25) is 0 Å². The number of nitrogens with two attached hydrogens (primary N) is 1. The largest absolute Gasteiger partial charge is 0.324 e. The molecule has 16 heavy (non-hydrogen) atoms. The molecule has 1 aromatic carbocycles. The molecule has 0 saturated heterocycles. The van der Waals surface area contributed by atoms with E-state index in [1.165, 1.54) is 17.5 Å². The van der Waals surface area contributed by atoms with Gasteiger partial charge in [-0.05, 0) is 18.9 Å². The van der Waals surface area contributed by atoms with E-state index in [1.54, 1.807) is 12.4 Å². The van der Waals surface area contributed by atoms with Crippen LogP contribution in [0.3, 0.4) is 0 Å². The lowest BCUT2D eigenvalue weighted by Gasteiger charge is -2.11. The summed E-state index contributed by atoms with van der Waals surface area (Å²) in [5.74, 6) is 0. The lowest BCUT2D eigenvalue weighted by Crippen LogP contribution is -2.13. The molecule has 3 nitrogen and oxygen atoms in total. The second-order valence-corrected chi connectivity index (χ2v) is 3.97. The minimum Gasteiger partial charge on any atom is -0.324 e. The molecule has 0 spiro atoms. The average molecular weight is 213 g/mol. The molecule has 1 unspecified atom stereocenters. The van der Waals surface area contributed by atoms with Crippen LogP contribution in [0.4, 0.5) is 0 Å². The van der Waals surface area contributed by atoms with Crippen molar-refractivity contribution in [3.05, 3.63) is 59.7 Å². The van der Waals surface area contributed by atoms with E-state index < -0.39 is 0 Å². The lowest BCUT2D eigenvalue weighted by molar-refractivity contribution is 0.712. The van der Waals surface area contributed by atoms with Gasteiger partial charge in [0, 0.05) is 24.0 Å². The standard InChI is InChI=1S/C13H15N3/c1-10-2-4-11(5-3-10)6-13(14)12-7-15-9-16-8-12/h2-5,7-9,13H,6,14H2,1H3. The number of benzene rings is 1. The predicted octanol–water partition coefficient (Wildman–Crippen LogP) is 2.03. The number of aryl methyl sites for hydroxylation is 1. The van der Waals surface area contributed by atoms with Gasteiger partial charge in [-0.25, -0.2) is 9.97 Å². The lowest BCUT2D eigenvalue weighted by atomic mass is 10.0. The first-order valence-electron chi connectivity index (χ1n) is 5.32. The van der Waals surface area contributed by atoms with Gasteiger partial charge < -0.3 is 5.73 Å². The molecule has 0 amide bonds. The van der Waals surface area contributed by atoms with E-state index in [9.17, 15) is 0 Å². The van der Waals surface area contributed by atoms with Crippen molar-refractivity contribution in [1.29, 1.82) is 0 Å². The molecular weight excluding hydrogens is 198 g/mol. The number of aromatic nitrogens is 2. The molecule has 2 aromatic rings. The predicted molar refractivity (Wildman–Crippen MR) is 63.8 cm³/mol.